The first-order valence-corrected chi connectivity index (χ1v) is 6.75. The summed E-state index contributed by atoms with van der Waals surface area (Å²) >= 11 is 0. The van der Waals surface area contributed by atoms with Crippen molar-refractivity contribution in [2.45, 2.75) is 0 Å². The maximum Gasteiger partial charge on any atom is 0.282 e. The molecular formula is C15H11N3O6. The zero-order chi connectivity index (χ0) is 17.1. The van der Waals surface area contributed by atoms with Crippen molar-refractivity contribution >= 4 is 17.8 Å². The van der Waals surface area contributed by atoms with Crippen LogP contribution in [0.25, 0.3) is 0 Å². The van der Waals surface area contributed by atoms with Crippen molar-refractivity contribution in [2.24, 2.45) is 5.10 Å². The maximum atomic E-state index is 11.9. The standard InChI is InChI=1S/C15H11N3O6/c19-12-4-2-1-3-10(12)15(20)17-16-7-9-5-13-14(24-8-23-13)6-11(9)18(21)22/h1-7,19H,8H2,(H,17,20)/b16-7-. The van der Waals surface area contributed by atoms with Gasteiger partial charge in [0.25, 0.3) is 11.6 Å². The minimum absolute atomic E-state index is 0.0168. The van der Waals surface area contributed by atoms with Gasteiger partial charge in [0.1, 0.15) is 5.75 Å². The molecule has 0 spiro atoms. The monoisotopic (exact) mass is 329 g/mol. The van der Waals surface area contributed by atoms with Gasteiger partial charge in [0.05, 0.1) is 28.3 Å². The lowest BCUT2D eigenvalue weighted by Gasteiger charge is -2.03. The van der Waals surface area contributed by atoms with Gasteiger partial charge in [-0.3, -0.25) is 14.9 Å². The fraction of sp³-hybridized carbons (Fsp3) is 0.0667. The molecule has 0 saturated heterocycles. The van der Waals surface area contributed by atoms with Gasteiger partial charge in [-0.25, -0.2) is 5.43 Å². The number of hydrazone groups is 1. The normalized spacial score (nSPS) is 12.3. The Morgan fingerprint density at radius 2 is 2.00 bits per heavy atom. The molecule has 0 aliphatic carbocycles. The Balaban J connectivity index is 1.81. The SMILES string of the molecule is O=C(N/N=C\c1cc2c(cc1[N+](=O)[O-])OCO2)c1ccccc1O. The molecule has 0 aromatic heterocycles. The number of nitro groups is 1. The van der Waals surface area contributed by atoms with Crippen LogP contribution in [0.2, 0.25) is 0 Å². The Morgan fingerprint density at radius 3 is 2.71 bits per heavy atom. The van der Waals surface area contributed by atoms with Crippen molar-refractivity contribution < 1.29 is 24.3 Å². The van der Waals surface area contributed by atoms with Crippen LogP contribution in [0.5, 0.6) is 17.2 Å². The largest absolute Gasteiger partial charge is 0.507 e. The number of ether oxygens (including phenoxy) is 2. The number of hydrogen-bond donors (Lipinski definition) is 2. The summed E-state index contributed by atoms with van der Waals surface area (Å²) < 4.78 is 10.2. The molecule has 2 N–H and O–H groups in total. The average molecular weight is 329 g/mol. The van der Waals surface area contributed by atoms with Gasteiger partial charge in [-0.2, -0.15) is 5.10 Å². The molecule has 24 heavy (non-hydrogen) atoms. The molecule has 2 aromatic rings. The third-order valence-corrected chi connectivity index (χ3v) is 3.24. The van der Waals surface area contributed by atoms with Crippen LogP contribution in [-0.4, -0.2) is 28.9 Å². The van der Waals surface area contributed by atoms with Gasteiger partial charge in [-0.15, -0.1) is 0 Å². The van der Waals surface area contributed by atoms with Crippen LogP contribution in [0, 0.1) is 10.1 Å². The number of nitrogens with zero attached hydrogens (tertiary/aromatic N) is 2. The number of nitrogens with one attached hydrogen (secondary N) is 1. The molecule has 0 saturated carbocycles. The zero-order valence-corrected chi connectivity index (χ0v) is 12.1. The predicted octanol–water partition coefficient (Wildman–Crippen LogP) is 1.79. The van der Waals surface area contributed by atoms with Crippen LogP contribution >= 0.6 is 0 Å². The summed E-state index contributed by atoms with van der Waals surface area (Å²) in [6.45, 7) is -0.0168. The van der Waals surface area contributed by atoms with Crippen molar-refractivity contribution in [2.75, 3.05) is 6.79 Å². The number of benzene rings is 2. The fourth-order valence-corrected chi connectivity index (χ4v) is 2.09. The molecule has 1 aliphatic rings. The highest BCUT2D eigenvalue weighted by Gasteiger charge is 2.22. The molecule has 3 rings (SSSR count). The molecule has 1 amide bonds. The first-order chi connectivity index (χ1) is 11.6. The molecular weight excluding hydrogens is 318 g/mol. The molecule has 0 radical (unpaired) electrons. The van der Waals surface area contributed by atoms with E-state index in [-0.39, 0.29) is 35.1 Å². The highest BCUT2D eigenvalue weighted by atomic mass is 16.7. The number of phenols is 1. The molecule has 0 bridgehead atoms. The fourth-order valence-electron chi connectivity index (χ4n) is 2.09. The van der Waals surface area contributed by atoms with E-state index in [1.54, 1.807) is 12.1 Å². The lowest BCUT2D eigenvalue weighted by Crippen LogP contribution is -2.17. The smallest absolute Gasteiger partial charge is 0.282 e. The second-order valence-electron chi connectivity index (χ2n) is 4.74. The van der Waals surface area contributed by atoms with Crippen molar-refractivity contribution in [1.29, 1.82) is 0 Å². The van der Waals surface area contributed by atoms with E-state index in [1.165, 1.54) is 24.3 Å². The zero-order valence-electron chi connectivity index (χ0n) is 12.1. The van der Waals surface area contributed by atoms with E-state index >= 15 is 0 Å². The van der Waals surface area contributed by atoms with E-state index in [1.807, 2.05) is 0 Å². The molecule has 0 unspecified atom stereocenters. The second-order valence-corrected chi connectivity index (χ2v) is 4.74. The van der Waals surface area contributed by atoms with Gasteiger partial charge in [0.15, 0.2) is 11.5 Å². The average Bonchev–Trinajstić information content (AvgIpc) is 3.01. The molecule has 1 aliphatic heterocycles. The number of aromatic hydroxyl groups is 1. The summed E-state index contributed by atoms with van der Waals surface area (Å²) in [5.41, 5.74) is 2.14. The highest BCUT2D eigenvalue weighted by Crippen LogP contribution is 2.37. The lowest BCUT2D eigenvalue weighted by molar-refractivity contribution is -0.385. The van der Waals surface area contributed by atoms with Crippen LogP contribution in [-0.2, 0) is 0 Å². The molecule has 9 nitrogen and oxygen atoms in total. The Labute approximate surface area is 135 Å². The van der Waals surface area contributed by atoms with Crippen molar-refractivity contribution in [3.63, 3.8) is 0 Å². The summed E-state index contributed by atoms with van der Waals surface area (Å²) in [5, 5.41) is 24.4. The van der Waals surface area contributed by atoms with Gasteiger partial charge in [0.2, 0.25) is 6.79 Å². The van der Waals surface area contributed by atoms with Gasteiger partial charge in [-0.05, 0) is 18.2 Å². The molecule has 0 atom stereocenters. The van der Waals surface area contributed by atoms with Gasteiger partial charge >= 0.3 is 0 Å². The van der Waals surface area contributed by atoms with E-state index in [0.29, 0.717) is 5.75 Å². The maximum absolute atomic E-state index is 11.9. The first kappa shape index (κ1) is 15.3. The summed E-state index contributed by atoms with van der Waals surface area (Å²) in [7, 11) is 0. The number of para-hydroxylation sites is 1. The second kappa shape index (κ2) is 6.24. The van der Waals surface area contributed by atoms with Crippen LogP contribution in [0.1, 0.15) is 15.9 Å². The quantitative estimate of drug-likeness (QED) is 0.501. The van der Waals surface area contributed by atoms with Gasteiger partial charge < -0.3 is 14.6 Å². The van der Waals surface area contributed by atoms with Crippen molar-refractivity contribution in [3.8, 4) is 17.2 Å². The number of rotatable bonds is 4. The molecule has 1 heterocycles. The topological polar surface area (TPSA) is 123 Å². The van der Waals surface area contributed by atoms with Crippen LogP contribution in [0.15, 0.2) is 41.5 Å². The number of amides is 1. The lowest BCUT2D eigenvalue weighted by atomic mass is 10.1. The summed E-state index contributed by atoms with van der Waals surface area (Å²) in [5.74, 6) is -0.210. The van der Waals surface area contributed by atoms with E-state index in [2.05, 4.69) is 10.5 Å². The number of phenolic OH excluding ortho intramolecular Hbond substituents is 1. The Kier molecular flexibility index (Phi) is 3.98. The first-order valence-electron chi connectivity index (χ1n) is 6.75. The Hall–Kier alpha value is -3.62. The van der Waals surface area contributed by atoms with E-state index in [9.17, 15) is 20.0 Å². The van der Waals surface area contributed by atoms with Gasteiger partial charge in [0, 0.05) is 0 Å². The molecule has 9 heteroatoms. The molecule has 122 valence electrons. The van der Waals surface area contributed by atoms with E-state index in [0.717, 1.165) is 6.21 Å². The molecule has 0 fully saturated rings. The number of carbonyl (C=O) groups is 1. The third kappa shape index (κ3) is 2.95. The predicted molar refractivity (Wildman–Crippen MR) is 82.4 cm³/mol. The number of hydrogen-bond acceptors (Lipinski definition) is 7. The summed E-state index contributed by atoms with van der Waals surface area (Å²) in [4.78, 5) is 22.4. The number of fused-ring (bicyclic) bond motifs is 1. The minimum Gasteiger partial charge on any atom is -0.507 e. The van der Waals surface area contributed by atoms with Crippen LogP contribution < -0.4 is 14.9 Å². The minimum atomic E-state index is -0.646. The van der Waals surface area contributed by atoms with E-state index in [4.69, 9.17) is 9.47 Å². The van der Waals surface area contributed by atoms with E-state index < -0.39 is 10.8 Å². The van der Waals surface area contributed by atoms with Crippen molar-refractivity contribution in [1.82, 2.24) is 5.43 Å². The summed E-state index contributed by atoms with van der Waals surface area (Å²) in [6, 6.07) is 8.57. The third-order valence-electron chi connectivity index (χ3n) is 3.24. The van der Waals surface area contributed by atoms with Crippen LogP contribution in [0.3, 0.4) is 0 Å². The number of carbonyl (C=O) groups excluding carboxylic acids is 1. The van der Waals surface area contributed by atoms with Crippen LogP contribution in [0.4, 0.5) is 5.69 Å². The van der Waals surface area contributed by atoms with Crippen molar-refractivity contribution in [3.05, 3.63) is 57.6 Å². The molecule has 2 aromatic carbocycles. The Morgan fingerprint density at radius 1 is 1.29 bits per heavy atom. The summed E-state index contributed by atoms with van der Waals surface area (Å²) in [6.07, 6.45) is 1.12. The highest BCUT2D eigenvalue weighted by molar-refractivity contribution is 5.97. The Bertz CT molecular complexity index is 849. The number of nitro benzene ring substituents is 1. The van der Waals surface area contributed by atoms with Gasteiger partial charge in [-0.1, -0.05) is 12.1 Å².